The van der Waals surface area contributed by atoms with Gasteiger partial charge in [0.2, 0.25) is 0 Å². The number of aryl methyl sites for hydroxylation is 1. The molecule has 0 spiro atoms. The van der Waals surface area contributed by atoms with Gasteiger partial charge in [-0.3, -0.25) is 0 Å². The molecule has 68 valence electrons. The van der Waals surface area contributed by atoms with Gasteiger partial charge in [-0.05, 0) is 20.4 Å². The van der Waals surface area contributed by atoms with E-state index in [1.165, 1.54) is 0 Å². The van der Waals surface area contributed by atoms with E-state index in [-0.39, 0.29) is 0 Å². The minimum atomic E-state index is 0.352. The molecule has 1 aromatic heterocycles. The van der Waals surface area contributed by atoms with Gasteiger partial charge in [0, 0.05) is 18.9 Å². The summed E-state index contributed by atoms with van der Waals surface area (Å²) in [5.74, 6) is 1.12. The molecule has 1 heterocycles. The second-order valence-electron chi connectivity index (χ2n) is 2.85. The highest BCUT2D eigenvalue weighted by Gasteiger charge is 2.08. The van der Waals surface area contributed by atoms with Crippen LogP contribution in [0.25, 0.3) is 0 Å². The van der Waals surface area contributed by atoms with Crippen LogP contribution in [0.15, 0.2) is 12.4 Å². The minimum Gasteiger partial charge on any atom is -0.334 e. The number of hydrogen-bond acceptors (Lipinski definition) is 2. The van der Waals surface area contributed by atoms with Crippen LogP contribution in [-0.2, 0) is 6.54 Å². The molecule has 0 aromatic carbocycles. The van der Waals surface area contributed by atoms with E-state index in [9.17, 15) is 0 Å². The van der Waals surface area contributed by atoms with Crippen LogP contribution in [0.1, 0.15) is 32.6 Å². The highest BCUT2D eigenvalue weighted by atomic mass is 15.1. The van der Waals surface area contributed by atoms with Crippen molar-refractivity contribution in [3.8, 4) is 0 Å². The Kier molecular flexibility index (Phi) is 3.29. The zero-order valence-electron chi connectivity index (χ0n) is 8.04. The molecule has 0 bridgehead atoms. The number of nitrogens with one attached hydrogen (secondary N) is 1. The first-order valence-electron chi connectivity index (χ1n) is 4.54. The molecule has 0 amide bonds. The topological polar surface area (TPSA) is 29.9 Å². The summed E-state index contributed by atoms with van der Waals surface area (Å²) in [7, 11) is 0. The Balaban J connectivity index is 2.71. The molecule has 0 unspecified atom stereocenters. The third kappa shape index (κ3) is 1.85. The van der Waals surface area contributed by atoms with E-state index < -0.39 is 0 Å². The summed E-state index contributed by atoms with van der Waals surface area (Å²) in [6.45, 7) is 8.35. The quantitative estimate of drug-likeness (QED) is 0.737. The summed E-state index contributed by atoms with van der Waals surface area (Å²) in [4.78, 5) is 4.31. The van der Waals surface area contributed by atoms with Gasteiger partial charge in [0.1, 0.15) is 5.82 Å². The SMILES string of the molecule is CCN[C@@H](C)c1nccn1CC. The van der Waals surface area contributed by atoms with Gasteiger partial charge in [-0.15, -0.1) is 0 Å². The first-order chi connectivity index (χ1) is 5.79. The molecule has 3 heteroatoms. The van der Waals surface area contributed by atoms with Crippen molar-refractivity contribution in [3.63, 3.8) is 0 Å². The van der Waals surface area contributed by atoms with E-state index in [1.54, 1.807) is 0 Å². The lowest BCUT2D eigenvalue weighted by molar-refractivity contribution is 0.533. The molecule has 12 heavy (non-hydrogen) atoms. The minimum absolute atomic E-state index is 0.352. The van der Waals surface area contributed by atoms with Crippen LogP contribution in [-0.4, -0.2) is 16.1 Å². The second kappa shape index (κ2) is 4.26. The van der Waals surface area contributed by atoms with Crippen LogP contribution in [0, 0.1) is 0 Å². The van der Waals surface area contributed by atoms with Gasteiger partial charge in [-0.2, -0.15) is 0 Å². The number of imidazole rings is 1. The molecule has 0 aliphatic carbocycles. The van der Waals surface area contributed by atoms with E-state index in [2.05, 4.69) is 35.6 Å². The molecule has 0 aliphatic heterocycles. The summed E-state index contributed by atoms with van der Waals surface area (Å²) in [5, 5.41) is 3.34. The van der Waals surface area contributed by atoms with E-state index in [0.29, 0.717) is 6.04 Å². The third-order valence-electron chi connectivity index (χ3n) is 1.99. The summed E-state index contributed by atoms with van der Waals surface area (Å²) in [6.07, 6.45) is 3.87. The zero-order valence-corrected chi connectivity index (χ0v) is 8.04. The normalized spacial score (nSPS) is 13.2. The fourth-order valence-corrected chi connectivity index (χ4v) is 1.37. The first-order valence-corrected chi connectivity index (χ1v) is 4.54. The zero-order chi connectivity index (χ0) is 8.97. The summed E-state index contributed by atoms with van der Waals surface area (Å²) in [5.41, 5.74) is 0. The van der Waals surface area contributed by atoms with Crippen LogP contribution < -0.4 is 5.32 Å². The second-order valence-corrected chi connectivity index (χ2v) is 2.85. The lowest BCUT2D eigenvalue weighted by Crippen LogP contribution is -2.21. The summed E-state index contributed by atoms with van der Waals surface area (Å²) in [6, 6.07) is 0.352. The van der Waals surface area contributed by atoms with Gasteiger partial charge in [0.15, 0.2) is 0 Å². The van der Waals surface area contributed by atoms with Crippen LogP contribution in [0.3, 0.4) is 0 Å². The highest BCUT2D eigenvalue weighted by molar-refractivity contribution is 4.97. The highest BCUT2D eigenvalue weighted by Crippen LogP contribution is 2.08. The maximum atomic E-state index is 4.31. The first kappa shape index (κ1) is 9.26. The molecular formula is C9H17N3. The van der Waals surface area contributed by atoms with E-state index in [1.807, 2.05) is 12.4 Å². The standard InChI is InChI=1S/C9H17N3/c1-4-10-8(3)9-11-6-7-12(9)5-2/h6-8,10H,4-5H2,1-3H3/t8-/m0/s1. The van der Waals surface area contributed by atoms with Crippen molar-refractivity contribution in [3.05, 3.63) is 18.2 Å². The monoisotopic (exact) mass is 167 g/mol. The lowest BCUT2D eigenvalue weighted by Gasteiger charge is -2.12. The smallest absolute Gasteiger partial charge is 0.125 e. The molecule has 3 nitrogen and oxygen atoms in total. The molecule has 0 aliphatic rings. The number of aromatic nitrogens is 2. The molecule has 0 saturated carbocycles. The lowest BCUT2D eigenvalue weighted by atomic mass is 10.3. The van der Waals surface area contributed by atoms with Crippen molar-refractivity contribution >= 4 is 0 Å². The van der Waals surface area contributed by atoms with Crippen molar-refractivity contribution in [2.75, 3.05) is 6.54 Å². The molecule has 1 aromatic rings. The van der Waals surface area contributed by atoms with Crippen LogP contribution in [0.4, 0.5) is 0 Å². The van der Waals surface area contributed by atoms with Gasteiger partial charge < -0.3 is 9.88 Å². The van der Waals surface area contributed by atoms with Crippen molar-refractivity contribution in [2.45, 2.75) is 33.4 Å². The van der Waals surface area contributed by atoms with Crippen molar-refractivity contribution in [2.24, 2.45) is 0 Å². The number of hydrogen-bond donors (Lipinski definition) is 1. The number of nitrogens with zero attached hydrogens (tertiary/aromatic N) is 2. The molecule has 1 N–H and O–H groups in total. The van der Waals surface area contributed by atoms with Gasteiger partial charge in [0.25, 0.3) is 0 Å². The fraction of sp³-hybridized carbons (Fsp3) is 0.667. The van der Waals surface area contributed by atoms with Crippen molar-refractivity contribution in [1.82, 2.24) is 14.9 Å². The molecule has 0 radical (unpaired) electrons. The van der Waals surface area contributed by atoms with Crippen LogP contribution >= 0.6 is 0 Å². The van der Waals surface area contributed by atoms with E-state index in [4.69, 9.17) is 0 Å². The summed E-state index contributed by atoms with van der Waals surface area (Å²) < 4.78 is 2.16. The maximum Gasteiger partial charge on any atom is 0.125 e. The molecule has 1 atom stereocenters. The third-order valence-corrected chi connectivity index (χ3v) is 1.99. The van der Waals surface area contributed by atoms with E-state index >= 15 is 0 Å². The predicted molar refractivity (Wildman–Crippen MR) is 50.0 cm³/mol. The predicted octanol–water partition coefficient (Wildman–Crippen LogP) is 1.57. The Labute approximate surface area is 73.8 Å². The van der Waals surface area contributed by atoms with E-state index in [0.717, 1.165) is 18.9 Å². The molecule has 1 rings (SSSR count). The van der Waals surface area contributed by atoms with Crippen molar-refractivity contribution in [1.29, 1.82) is 0 Å². The maximum absolute atomic E-state index is 4.31. The Morgan fingerprint density at radius 3 is 2.92 bits per heavy atom. The van der Waals surface area contributed by atoms with Crippen molar-refractivity contribution < 1.29 is 0 Å². The van der Waals surface area contributed by atoms with Gasteiger partial charge in [0.05, 0.1) is 6.04 Å². The average Bonchev–Trinajstić information content (AvgIpc) is 2.51. The Hall–Kier alpha value is -0.830. The Morgan fingerprint density at radius 1 is 1.58 bits per heavy atom. The molecular weight excluding hydrogens is 150 g/mol. The Morgan fingerprint density at radius 2 is 2.33 bits per heavy atom. The van der Waals surface area contributed by atoms with Gasteiger partial charge in [-0.1, -0.05) is 6.92 Å². The summed E-state index contributed by atoms with van der Waals surface area (Å²) >= 11 is 0. The largest absolute Gasteiger partial charge is 0.334 e. The number of rotatable bonds is 4. The van der Waals surface area contributed by atoms with Gasteiger partial charge in [-0.25, -0.2) is 4.98 Å². The molecule has 0 fully saturated rings. The molecule has 0 saturated heterocycles. The van der Waals surface area contributed by atoms with Gasteiger partial charge >= 0.3 is 0 Å². The Bertz CT molecular complexity index is 229. The van der Waals surface area contributed by atoms with Crippen LogP contribution in [0.2, 0.25) is 0 Å². The fourth-order valence-electron chi connectivity index (χ4n) is 1.37. The van der Waals surface area contributed by atoms with Crippen LogP contribution in [0.5, 0.6) is 0 Å². The average molecular weight is 167 g/mol.